The van der Waals surface area contributed by atoms with E-state index in [1.54, 1.807) is 24.8 Å². The highest BCUT2D eigenvalue weighted by Gasteiger charge is 2.42. The first-order valence-electron chi connectivity index (χ1n) is 9.37. The van der Waals surface area contributed by atoms with Gasteiger partial charge in [0.2, 0.25) is 0 Å². The molecule has 28 heavy (non-hydrogen) atoms. The maximum absolute atomic E-state index is 12.9. The molecule has 2 aliphatic rings. The highest BCUT2D eigenvalue weighted by molar-refractivity contribution is 5.93. The zero-order valence-electron chi connectivity index (χ0n) is 15.5. The van der Waals surface area contributed by atoms with Crippen LogP contribution in [-0.2, 0) is 0 Å². The smallest absolute Gasteiger partial charge is 0.276 e. The maximum Gasteiger partial charge on any atom is 0.276 e. The fourth-order valence-electron chi connectivity index (χ4n) is 4.24. The Kier molecular flexibility index (Phi) is 4.03. The number of hydrogen-bond acceptors (Lipinski definition) is 7. The fraction of sp³-hybridized carbons (Fsp3) is 0.350. The van der Waals surface area contributed by atoms with Crippen molar-refractivity contribution in [3.8, 4) is 11.3 Å². The van der Waals surface area contributed by atoms with Crippen molar-refractivity contribution in [2.75, 3.05) is 31.1 Å². The number of fused-ring (bicyclic) bond motifs is 1. The van der Waals surface area contributed by atoms with Crippen LogP contribution in [0.5, 0.6) is 0 Å². The van der Waals surface area contributed by atoms with E-state index in [4.69, 9.17) is 4.52 Å². The third-order valence-corrected chi connectivity index (χ3v) is 5.62. The van der Waals surface area contributed by atoms with Crippen molar-refractivity contribution in [2.45, 2.75) is 6.92 Å². The van der Waals surface area contributed by atoms with Gasteiger partial charge in [-0.15, -0.1) is 0 Å². The minimum Gasteiger partial charge on any atom is -0.356 e. The Morgan fingerprint density at radius 3 is 2.68 bits per heavy atom. The van der Waals surface area contributed by atoms with E-state index in [1.165, 1.54) is 0 Å². The van der Waals surface area contributed by atoms with Gasteiger partial charge in [0.15, 0.2) is 11.5 Å². The molecular formula is C20H20N6O2. The number of aromatic nitrogens is 4. The SMILES string of the molecule is Cc1cncnc1N1CC2CN(C(=O)c3cc(-c4cccnc4)on3)CC2C1. The number of carbonyl (C=O) groups excluding carboxylic acids is 1. The summed E-state index contributed by atoms with van der Waals surface area (Å²) < 4.78 is 5.35. The molecule has 0 spiro atoms. The second kappa shape index (κ2) is 6.70. The van der Waals surface area contributed by atoms with Crippen LogP contribution in [-0.4, -0.2) is 57.1 Å². The van der Waals surface area contributed by atoms with E-state index < -0.39 is 0 Å². The Morgan fingerprint density at radius 1 is 1.14 bits per heavy atom. The highest BCUT2D eigenvalue weighted by Crippen LogP contribution is 2.34. The van der Waals surface area contributed by atoms with Crippen molar-refractivity contribution < 1.29 is 9.32 Å². The Balaban J connectivity index is 1.26. The van der Waals surface area contributed by atoms with Crippen molar-refractivity contribution in [3.63, 3.8) is 0 Å². The Labute approximate surface area is 162 Å². The molecule has 5 rings (SSSR count). The van der Waals surface area contributed by atoms with Crippen LogP contribution < -0.4 is 4.90 Å². The van der Waals surface area contributed by atoms with E-state index in [9.17, 15) is 4.79 Å². The lowest BCUT2D eigenvalue weighted by molar-refractivity contribution is 0.0772. The summed E-state index contributed by atoms with van der Waals surface area (Å²) in [5.41, 5.74) is 2.24. The van der Waals surface area contributed by atoms with Gasteiger partial charge in [-0.2, -0.15) is 0 Å². The van der Waals surface area contributed by atoms with E-state index in [-0.39, 0.29) is 5.91 Å². The second-order valence-corrected chi connectivity index (χ2v) is 7.48. The number of amides is 1. The van der Waals surface area contributed by atoms with Crippen LogP contribution in [0.2, 0.25) is 0 Å². The summed E-state index contributed by atoms with van der Waals surface area (Å²) in [7, 11) is 0. The molecule has 2 saturated heterocycles. The first-order chi connectivity index (χ1) is 13.7. The minimum absolute atomic E-state index is 0.0712. The van der Waals surface area contributed by atoms with Gasteiger partial charge in [0, 0.05) is 73.8 Å². The summed E-state index contributed by atoms with van der Waals surface area (Å²) in [4.78, 5) is 29.7. The van der Waals surface area contributed by atoms with Gasteiger partial charge in [0.05, 0.1) is 0 Å². The third kappa shape index (κ3) is 2.90. The molecule has 3 aromatic rings. The van der Waals surface area contributed by atoms with Crippen LogP contribution in [0.1, 0.15) is 16.1 Å². The van der Waals surface area contributed by atoms with E-state index >= 15 is 0 Å². The van der Waals surface area contributed by atoms with Gasteiger partial charge in [-0.3, -0.25) is 9.78 Å². The normalized spacial score (nSPS) is 21.2. The zero-order chi connectivity index (χ0) is 19.1. The molecule has 142 valence electrons. The van der Waals surface area contributed by atoms with Crippen molar-refractivity contribution >= 4 is 11.7 Å². The largest absolute Gasteiger partial charge is 0.356 e. The van der Waals surface area contributed by atoms with Crippen LogP contribution in [0.25, 0.3) is 11.3 Å². The van der Waals surface area contributed by atoms with Gasteiger partial charge in [-0.25, -0.2) is 9.97 Å². The van der Waals surface area contributed by atoms with Gasteiger partial charge >= 0.3 is 0 Å². The molecule has 2 fully saturated rings. The number of hydrogen-bond donors (Lipinski definition) is 0. The van der Waals surface area contributed by atoms with E-state index in [0.717, 1.165) is 43.1 Å². The van der Waals surface area contributed by atoms with Crippen LogP contribution in [0.15, 0.2) is 47.6 Å². The van der Waals surface area contributed by atoms with Gasteiger partial charge in [0.1, 0.15) is 12.1 Å². The monoisotopic (exact) mass is 376 g/mol. The second-order valence-electron chi connectivity index (χ2n) is 7.48. The van der Waals surface area contributed by atoms with Crippen molar-refractivity contribution in [1.82, 2.24) is 25.0 Å². The van der Waals surface area contributed by atoms with Crippen LogP contribution in [0, 0.1) is 18.8 Å². The summed E-state index contributed by atoms with van der Waals surface area (Å²) in [6.07, 6.45) is 6.83. The zero-order valence-corrected chi connectivity index (χ0v) is 15.5. The van der Waals surface area contributed by atoms with E-state index in [2.05, 4.69) is 25.0 Å². The van der Waals surface area contributed by atoms with E-state index in [0.29, 0.717) is 23.3 Å². The Hall–Kier alpha value is -3.29. The molecular weight excluding hydrogens is 356 g/mol. The summed E-state index contributed by atoms with van der Waals surface area (Å²) >= 11 is 0. The molecule has 0 radical (unpaired) electrons. The molecule has 5 heterocycles. The summed E-state index contributed by atoms with van der Waals surface area (Å²) in [6, 6.07) is 5.40. The highest BCUT2D eigenvalue weighted by atomic mass is 16.5. The quantitative estimate of drug-likeness (QED) is 0.691. The molecule has 8 nitrogen and oxygen atoms in total. The molecule has 0 saturated carbocycles. The number of nitrogens with zero attached hydrogens (tertiary/aromatic N) is 6. The van der Waals surface area contributed by atoms with Crippen LogP contribution in [0.4, 0.5) is 5.82 Å². The van der Waals surface area contributed by atoms with Crippen molar-refractivity contribution in [2.24, 2.45) is 11.8 Å². The molecule has 2 unspecified atom stereocenters. The summed E-state index contributed by atoms with van der Waals surface area (Å²) in [5.74, 6) is 2.38. The molecule has 1 amide bonds. The Bertz CT molecular complexity index is 991. The number of carbonyl (C=O) groups is 1. The van der Waals surface area contributed by atoms with Crippen LogP contribution >= 0.6 is 0 Å². The molecule has 0 bridgehead atoms. The topological polar surface area (TPSA) is 88.3 Å². The predicted molar refractivity (Wildman–Crippen MR) is 102 cm³/mol. The van der Waals surface area contributed by atoms with Crippen molar-refractivity contribution in [1.29, 1.82) is 0 Å². The lowest BCUT2D eigenvalue weighted by Crippen LogP contribution is -2.33. The summed E-state index contributed by atoms with van der Waals surface area (Å²) in [6.45, 7) is 5.32. The van der Waals surface area contributed by atoms with Gasteiger partial charge in [0.25, 0.3) is 5.91 Å². The average molecular weight is 376 g/mol. The fourth-order valence-corrected chi connectivity index (χ4v) is 4.24. The molecule has 3 aromatic heterocycles. The molecule has 2 atom stereocenters. The molecule has 0 N–H and O–H groups in total. The molecule has 0 aromatic carbocycles. The number of anilines is 1. The standard InChI is InChI=1S/C20H20N6O2/c1-13-6-22-12-23-19(13)25-8-15-10-26(11-16(15)9-25)20(27)17-5-18(28-24-17)14-3-2-4-21-7-14/h2-7,12,15-16H,8-11H2,1H3. The first kappa shape index (κ1) is 16.9. The third-order valence-electron chi connectivity index (χ3n) is 5.62. The van der Waals surface area contributed by atoms with Crippen LogP contribution in [0.3, 0.4) is 0 Å². The van der Waals surface area contributed by atoms with E-state index in [1.807, 2.05) is 30.2 Å². The molecule has 2 aliphatic heterocycles. The molecule has 8 heteroatoms. The van der Waals surface area contributed by atoms with Gasteiger partial charge in [-0.05, 0) is 19.1 Å². The number of pyridine rings is 1. The van der Waals surface area contributed by atoms with Gasteiger partial charge in [-0.1, -0.05) is 5.16 Å². The average Bonchev–Trinajstić information content (AvgIpc) is 3.43. The number of aryl methyl sites for hydroxylation is 1. The van der Waals surface area contributed by atoms with Crippen molar-refractivity contribution in [3.05, 3.63) is 54.4 Å². The minimum atomic E-state index is -0.0712. The lowest BCUT2D eigenvalue weighted by Gasteiger charge is -2.22. The maximum atomic E-state index is 12.9. The first-order valence-corrected chi connectivity index (χ1v) is 9.37. The summed E-state index contributed by atoms with van der Waals surface area (Å²) in [5, 5.41) is 3.98. The Morgan fingerprint density at radius 2 is 1.96 bits per heavy atom. The number of likely N-dealkylation sites (tertiary alicyclic amines) is 1. The lowest BCUT2D eigenvalue weighted by atomic mass is 10.0. The predicted octanol–water partition coefficient (Wildman–Crippen LogP) is 2.04. The van der Waals surface area contributed by atoms with Gasteiger partial charge < -0.3 is 14.3 Å². The number of rotatable bonds is 3. The molecule has 0 aliphatic carbocycles.